The molecule has 1 unspecified atom stereocenters. The Hall–Kier alpha value is -0.760. The average Bonchev–Trinajstić information content (AvgIpc) is 3.15. The van der Waals surface area contributed by atoms with Crippen LogP contribution in [0.2, 0.25) is 0 Å². The van der Waals surface area contributed by atoms with Gasteiger partial charge in [0.15, 0.2) is 0 Å². The Morgan fingerprint density at radius 2 is 0.964 bits per heavy atom. The Morgan fingerprint density at radius 1 is 0.607 bits per heavy atom. The van der Waals surface area contributed by atoms with Crippen LogP contribution in [0.5, 0.6) is 0 Å². The zero-order valence-electron chi connectivity index (χ0n) is 37.9. The van der Waals surface area contributed by atoms with E-state index in [4.69, 9.17) is 9.05 Å². The van der Waals surface area contributed by atoms with Crippen molar-refractivity contribution in [2.45, 2.75) is 244 Å². The molecule has 0 spiro atoms. The number of hydrogen-bond acceptors (Lipinski definition) is 6. The first-order valence-electron chi connectivity index (χ1n) is 24.1. The lowest BCUT2D eigenvalue weighted by Gasteiger charge is -2.29. The summed E-state index contributed by atoms with van der Waals surface area (Å²) in [6.07, 6.45) is 45.4. The van der Waals surface area contributed by atoms with E-state index < -0.39 is 20.0 Å². The summed E-state index contributed by atoms with van der Waals surface area (Å²) in [5, 5.41) is 13.8. The molecule has 0 aromatic rings. The highest BCUT2D eigenvalue weighted by Gasteiger charge is 2.23. The Kier molecular flexibility index (Phi) is 39.1. The van der Waals surface area contributed by atoms with E-state index in [-0.39, 0.29) is 19.1 Å². The highest BCUT2D eigenvalue weighted by atomic mass is 31.2. The molecule has 0 rings (SSSR count). The molecule has 0 saturated heterocycles. The predicted octanol–water partition coefficient (Wildman–Crippen LogP) is 12.9. The number of aliphatic hydroxyl groups is 1. The summed E-state index contributed by atoms with van der Waals surface area (Å²) in [5.74, 6) is -0.194. The smallest absolute Gasteiger partial charge is 0.268 e. The second kappa shape index (κ2) is 39.7. The summed E-state index contributed by atoms with van der Waals surface area (Å²) in [7, 11) is 1.27. The van der Waals surface area contributed by atoms with Crippen molar-refractivity contribution >= 4 is 13.7 Å². The van der Waals surface area contributed by atoms with Crippen LogP contribution < -0.4 is 10.2 Å². The van der Waals surface area contributed by atoms with Gasteiger partial charge in [0.25, 0.3) is 7.82 Å². The number of allylic oxidation sites excluding steroid dienone is 1. The molecule has 0 bridgehead atoms. The first-order valence-corrected chi connectivity index (χ1v) is 25.5. The Labute approximate surface area is 348 Å². The number of amides is 1. The molecule has 0 radical (unpaired) electrons. The van der Waals surface area contributed by atoms with Gasteiger partial charge in [-0.15, -0.1) is 0 Å². The largest absolute Gasteiger partial charge is 0.756 e. The molecule has 0 aromatic heterocycles. The standard InChI is InChI=1S/C47H95N2O6P/c1-6-8-10-12-14-16-18-20-21-22-23-24-25-26-27-29-31-33-35-37-39-41-47(51)48-45(44-55-56(52,53)54-43-42-49(3,4)5)46(50)40-38-36-34-32-30-28-19-17-15-13-11-9-7-2/h38,40,45-46,50H,6-37,39,41-44H2,1-5H3,(H-,48,51,52,53)/b40-38+/t45-,46+/m0/s1. The van der Waals surface area contributed by atoms with E-state index in [0.29, 0.717) is 17.4 Å². The van der Waals surface area contributed by atoms with Crippen LogP contribution in [-0.4, -0.2) is 68.5 Å². The van der Waals surface area contributed by atoms with Crippen molar-refractivity contribution in [3.8, 4) is 0 Å². The Balaban J connectivity index is 4.26. The van der Waals surface area contributed by atoms with Crippen LogP contribution in [-0.2, 0) is 18.4 Å². The van der Waals surface area contributed by atoms with Crippen molar-refractivity contribution in [2.24, 2.45) is 0 Å². The van der Waals surface area contributed by atoms with Crippen molar-refractivity contribution < 1.29 is 32.9 Å². The van der Waals surface area contributed by atoms with Crippen molar-refractivity contribution in [2.75, 3.05) is 40.9 Å². The van der Waals surface area contributed by atoms with Gasteiger partial charge in [0.1, 0.15) is 13.2 Å². The number of hydrogen-bond donors (Lipinski definition) is 2. The summed E-state index contributed by atoms with van der Waals surface area (Å²) >= 11 is 0. The average molecular weight is 815 g/mol. The maximum absolute atomic E-state index is 12.9. The summed E-state index contributed by atoms with van der Waals surface area (Å²) in [5.41, 5.74) is 0. The number of phosphoric ester groups is 1. The fraction of sp³-hybridized carbons (Fsp3) is 0.936. The first kappa shape index (κ1) is 55.2. The van der Waals surface area contributed by atoms with E-state index in [2.05, 4.69) is 19.2 Å². The molecular weight excluding hydrogens is 719 g/mol. The molecule has 0 saturated carbocycles. The van der Waals surface area contributed by atoms with E-state index in [0.717, 1.165) is 38.5 Å². The van der Waals surface area contributed by atoms with Crippen LogP contribution in [0.4, 0.5) is 0 Å². The lowest BCUT2D eigenvalue weighted by atomic mass is 10.0. The lowest BCUT2D eigenvalue weighted by Crippen LogP contribution is -2.45. The number of phosphoric acid groups is 1. The minimum absolute atomic E-state index is 0.00218. The number of unbranched alkanes of at least 4 members (excludes halogenated alkanes) is 31. The van der Waals surface area contributed by atoms with Crippen molar-refractivity contribution in [1.82, 2.24) is 5.32 Å². The third-order valence-electron chi connectivity index (χ3n) is 11.0. The number of nitrogens with one attached hydrogen (secondary N) is 1. The third-order valence-corrected chi connectivity index (χ3v) is 12.0. The van der Waals surface area contributed by atoms with Crippen molar-refractivity contribution in [1.29, 1.82) is 0 Å². The van der Waals surface area contributed by atoms with Gasteiger partial charge in [0.2, 0.25) is 5.91 Å². The third kappa shape index (κ3) is 41.4. The van der Waals surface area contributed by atoms with Gasteiger partial charge in [0.05, 0.1) is 39.9 Å². The maximum Gasteiger partial charge on any atom is 0.268 e. The van der Waals surface area contributed by atoms with E-state index >= 15 is 0 Å². The van der Waals surface area contributed by atoms with Gasteiger partial charge < -0.3 is 28.8 Å². The maximum atomic E-state index is 12.9. The molecule has 0 aliphatic heterocycles. The predicted molar refractivity (Wildman–Crippen MR) is 238 cm³/mol. The summed E-state index contributed by atoms with van der Waals surface area (Å²) in [4.78, 5) is 25.3. The lowest BCUT2D eigenvalue weighted by molar-refractivity contribution is -0.870. The van der Waals surface area contributed by atoms with E-state index in [1.165, 1.54) is 173 Å². The normalized spacial score (nSPS) is 14.3. The SMILES string of the molecule is CCCCCCCCCCCCC/C=C/[C@@H](O)[C@H](COP(=O)([O-])OCC[N+](C)(C)C)NC(=O)CCCCCCCCCCCCCCCCCCCCCCC. The van der Waals surface area contributed by atoms with Crippen LogP contribution >= 0.6 is 7.82 Å². The second-order valence-corrected chi connectivity index (χ2v) is 19.2. The second-order valence-electron chi connectivity index (χ2n) is 17.8. The number of rotatable bonds is 44. The van der Waals surface area contributed by atoms with Gasteiger partial charge in [-0.25, -0.2) is 0 Å². The molecule has 0 heterocycles. The fourth-order valence-corrected chi connectivity index (χ4v) is 7.88. The Morgan fingerprint density at radius 3 is 1.34 bits per heavy atom. The highest BCUT2D eigenvalue weighted by molar-refractivity contribution is 7.45. The molecule has 9 heteroatoms. The zero-order valence-corrected chi connectivity index (χ0v) is 38.7. The van der Waals surface area contributed by atoms with Crippen LogP contribution in [0, 0.1) is 0 Å². The van der Waals surface area contributed by atoms with Gasteiger partial charge in [-0.2, -0.15) is 0 Å². The van der Waals surface area contributed by atoms with E-state index in [1.54, 1.807) is 6.08 Å². The Bertz CT molecular complexity index is 927. The van der Waals surface area contributed by atoms with Crippen molar-refractivity contribution in [3.63, 3.8) is 0 Å². The highest BCUT2D eigenvalue weighted by Crippen LogP contribution is 2.38. The zero-order chi connectivity index (χ0) is 41.4. The fourth-order valence-electron chi connectivity index (χ4n) is 7.15. The van der Waals surface area contributed by atoms with Gasteiger partial charge in [0, 0.05) is 6.42 Å². The van der Waals surface area contributed by atoms with E-state index in [1.807, 2.05) is 27.2 Å². The molecule has 0 aliphatic carbocycles. The summed E-state index contributed by atoms with van der Waals surface area (Å²) in [6.45, 7) is 4.66. The first-order chi connectivity index (χ1) is 27.0. The number of carbonyl (C=O) groups is 1. The van der Waals surface area contributed by atoms with Gasteiger partial charge in [-0.3, -0.25) is 9.36 Å². The van der Waals surface area contributed by atoms with Gasteiger partial charge in [-0.05, 0) is 19.3 Å². The van der Waals surface area contributed by atoms with Crippen LogP contribution in [0.15, 0.2) is 12.2 Å². The molecule has 0 fully saturated rings. The molecular formula is C47H95N2O6P. The molecule has 2 N–H and O–H groups in total. The number of quaternary nitrogens is 1. The molecule has 56 heavy (non-hydrogen) atoms. The van der Waals surface area contributed by atoms with Crippen LogP contribution in [0.3, 0.4) is 0 Å². The molecule has 8 nitrogen and oxygen atoms in total. The molecule has 334 valence electrons. The number of aliphatic hydroxyl groups excluding tert-OH is 1. The topological polar surface area (TPSA) is 108 Å². The van der Waals surface area contributed by atoms with Crippen molar-refractivity contribution in [3.05, 3.63) is 12.2 Å². The minimum atomic E-state index is -4.58. The molecule has 0 aromatic carbocycles. The summed E-state index contributed by atoms with van der Waals surface area (Å²) in [6, 6.07) is -0.879. The van der Waals surface area contributed by atoms with Gasteiger partial charge >= 0.3 is 0 Å². The van der Waals surface area contributed by atoms with E-state index in [9.17, 15) is 19.4 Å². The number of carbonyl (C=O) groups excluding carboxylic acids is 1. The van der Waals surface area contributed by atoms with Gasteiger partial charge in [-0.1, -0.05) is 219 Å². The summed E-state index contributed by atoms with van der Waals surface area (Å²) < 4.78 is 23.2. The van der Waals surface area contributed by atoms with Crippen LogP contribution in [0.1, 0.15) is 232 Å². The molecule has 0 aliphatic rings. The molecule has 1 amide bonds. The monoisotopic (exact) mass is 815 g/mol. The number of nitrogens with zero attached hydrogens (tertiary/aromatic N) is 1. The minimum Gasteiger partial charge on any atom is -0.756 e. The van der Waals surface area contributed by atoms with Crippen LogP contribution in [0.25, 0.3) is 0 Å². The quantitative estimate of drug-likeness (QED) is 0.0274. The number of likely N-dealkylation sites (N-methyl/N-ethyl adjacent to an activating group) is 1. The molecule has 3 atom stereocenters.